The highest BCUT2D eigenvalue weighted by Crippen LogP contribution is 2.26. The lowest BCUT2D eigenvalue weighted by Crippen LogP contribution is -2.27. The second kappa shape index (κ2) is 7.28. The molecule has 0 aromatic heterocycles. The molecular weight excluding hydrogens is 272 g/mol. The van der Waals surface area contributed by atoms with Crippen LogP contribution in [0.3, 0.4) is 0 Å². The van der Waals surface area contributed by atoms with Gasteiger partial charge in [0.25, 0.3) is 0 Å². The molecule has 1 heterocycles. The van der Waals surface area contributed by atoms with Crippen molar-refractivity contribution in [2.45, 2.75) is 57.9 Å². The summed E-state index contributed by atoms with van der Waals surface area (Å²) in [5.74, 6) is 1.11. The number of carbonyl (C=O) groups is 1. The van der Waals surface area contributed by atoms with Gasteiger partial charge in [0.15, 0.2) is 0 Å². The van der Waals surface area contributed by atoms with Gasteiger partial charge >= 0.3 is 0 Å². The smallest absolute Gasteiger partial charge is 0.227 e. The largest absolute Gasteiger partial charge is 0.312 e. The molecule has 1 aromatic rings. The summed E-state index contributed by atoms with van der Waals surface area (Å²) in [6.45, 7) is 4.22. The lowest BCUT2D eigenvalue weighted by Gasteiger charge is -2.25. The number of amides is 1. The van der Waals surface area contributed by atoms with Gasteiger partial charge in [0.05, 0.1) is 0 Å². The normalized spacial score (nSPS) is 21.3. The van der Waals surface area contributed by atoms with Gasteiger partial charge in [-0.3, -0.25) is 4.79 Å². The number of anilines is 1. The van der Waals surface area contributed by atoms with Gasteiger partial charge in [-0.05, 0) is 56.3 Å². The number of benzene rings is 1. The Morgan fingerprint density at radius 3 is 2.77 bits per heavy atom. The van der Waals surface area contributed by atoms with Crippen LogP contribution in [0.1, 0.15) is 63.5 Å². The van der Waals surface area contributed by atoms with Crippen molar-refractivity contribution >= 4 is 11.6 Å². The Bertz CT molecular complexity index is 508. The second-order valence-corrected chi connectivity index (χ2v) is 6.88. The van der Waals surface area contributed by atoms with E-state index in [9.17, 15) is 4.79 Å². The molecule has 1 aliphatic carbocycles. The van der Waals surface area contributed by atoms with Crippen molar-refractivity contribution < 1.29 is 4.79 Å². The van der Waals surface area contributed by atoms with Crippen molar-refractivity contribution in [2.75, 3.05) is 18.0 Å². The molecule has 3 nitrogen and oxygen atoms in total. The van der Waals surface area contributed by atoms with E-state index in [0.29, 0.717) is 12.5 Å². The fraction of sp³-hybridized carbons (Fsp3) is 0.632. The Hall–Kier alpha value is -1.35. The van der Waals surface area contributed by atoms with Crippen LogP contribution in [0, 0.1) is 5.92 Å². The number of carbonyl (C=O) groups excluding carboxylic acids is 1. The highest BCUT2D eigenvalue weighted by atomic mass is 16.2. The molecular formula is C19H28N2O. The first kappa shape index (κ1) is 15.5. The van der Waals surface area contributed by atoms with Gasteiger partial charge in [0.1, 0.15) is 0 Å². The minimum atomic E-state index is 0.264. The third-order valence-electron chi connectivity index (χ3n) is 5.19. The van der Waals surface area contributed by atoms with Crippen molar-refractivity contribution in [3.05, 3.63) is 29.8 Å². The first-order valence-corrected chi connectivity index (χ1v) is 8.88. The maximum atomic E-state index is 11.9. The first-order valence-electron chi connectivity index (χ1n) is 8.88. The van der Waals surface area contributed by atoms with E-state index in [1.807, 2.05) is 4.90 Å². The summed E-state index contributed by atoms with van der Waals surface area (Å²) in [7, 11) is 0. The number of nitrogens with zero attached hydrogens (tertiary/aromatic N) is 1. The van der Waals surface area contributed by atoms with Crippen LogP contribution in [0.4, 0.5) is 5.69 Å². The topological polar surface area (TPSA) is 32.3 Å². The summed E-state index contributed by atoms with van der Waals surface area (Å²) in [6.07, 6.45) is 8.64. The minimum absolute atomic E-state index is 0.264. The van der Waals surface area contributed by atoms with Crippen LogP contribution in [-0.4, -0.2) is 19.0 Å². The number of hydrogen-bond acceptors (Lipinski definition) is 2. The highest BCUT2D eigenvalue weighted by molar-refractivity contribution is 5.95. The zero-order valence-corrected chi connectivity index (χ0v) is 13.7. The predicted molar refractivity (Wildman–Crippen MR) is 91.0 cm³/mol. The van der Waals surface area contributed by atoms with E-state index < -0.39 is 0 Å². The molecule has 1 aliphatic heterocycles. The van der Waals surface area contributed by atoms with Gasteiger partial charge in [-0.15, -0.1) is 0 Å². The summed E-state index contributed by atoms with van der Waals surface area (Å²) < 4.78 is 0. The number of nitrogens with one attached hydrogen (secondary N) is 1. The minimum Gasteiger partial charge on any atom is -0.312 e. The van der Waals surface area contributed by atoms with Gasteiger partial charge < -0.3 is 10.2 Å². The van der Waals surface area contributed by atoms with Crippen molar-refractivity contribution in [2.24, 2.45) is 5.92 Å². The van der Waals surface area contributed by atoms with Crippen LogP contribution >= 0.6 is 0 Å². The maximum absolute atomic E-state index is 11.9. The molecule has 120 valence electrons. The fourth-order valence-electron chi connectivity index (χ4n) is 3.74. The van der Waals surface area contributed by atoms with Crippen LogP contribution < -0.4 is 10.2 Å². The zero-order chi connectivity index (χ0) is 15.4. The van der Waals surface area contributed by atoms with Gasteiger partial charge in [0.2, 0.25) is 5.91 Å². The van der Waals surface area contributed by atoms with Crippen LogP contribution in [0.25, 0.3) is 0 Å². The molecule has 1 atom stereocenters. The lowest BCUT2D eigenvalue weighted by atomic mass is 9.89. The van der Waals surface area contributed by atoms with Crippen LogP contribution in [0.5, 0.6) is 0 Å². The molecule has 0 unspecified atom stereocenters. The lowest BCUT2D eigenvalue weighted by molar-refractivity contribution is -0.117. The van der Waals surface area contributed by atoms with Gasteiger partial charge in [0, 0.05) is 24.7 Å². The summed E-state index contributed by atoms with van der Waals surface area (Å²) >= 11 is 0. The fourth-order valence-corrected chi connectivity index (χ4v) is 3.74. The average Bonchev–Trinajstić information content (AvgIpc) is 3.00. The van der Waals surface area contributed by atoms with Crippen LogP contribution in [0.15, 0.2) is 24.3 Å². The monoisotopic (exact) mass is 300 g/mol. The molecule has 3 rings (SSSR count). The molecule has 0 radical (unpaired) electrons. The van der Waals surface area contributed by atoms with Gasteiger partial charge in [-0.1, -0.05) is 31.4 Å². The summed E-state index contributed by atoms with van der Waals surface area (Å²) in [5.41, 5.74) is 2.35. The van der Waals surface area contributed by atoms with Crippen LogP contribution in [0.2, 0.25) is 0 Å². The molecule has 0 spiro atoms. The molecule has 1 amide bonds. The number of hydrogen-bond donors (Lipinski definition) is 1. The van der Waals surface area contributed by atoms with E-state index in [1.165, 1.54) is 37.7 Å². The van der Waals surface area contributed by atoms with E-state index in [-0.39, 0.29) is 5.91 Å². The van der Waals surface area contributed by atoms with Crippen molar-refractivity contribution in [3.8, 4) is 0 Å². The van der Waals surface area contributed by atoms with E-state index in [4.69, 9.17) is 0 Å². The molecule has 1 N–H and O–H groups in total. The molecule has 1 aromatic carbocycles. The molecule has 22 heavy (non-hydrogen) atoms. The third kappa shape index (κ3) is 3.70. The number of rotatable bonds is 5. The molecule has 3 heteroatoms. The van der Waals surface area contributed by atoms with Crippen LogP contribution in [-0.2, 0) is 4.79 Å². The SMILES string of the molecule is C[C@H](NCC1CCCCC1)c1cccc(N2CCCC2=O)c1. The Kier molecular flexibility index (Phi) is 5.14. The van der Waals surface area contributed by atoms with Gasteiger partial charge in [-0.2, -0.15) is 0 Å². The molecule has 1 saturated heterocycles. The predicted octanol–water partition coefficient (Wildman–Crippen LogP) is 4.04. The van der Waals surface area contributed by atoms with Crippen molar-refractivity contribution in [1.29, 1.82) is 0 Å². The summed E-state index contributed by atoms with van der Waals surface area (Å²) in [4.78, 5) is 13.8. The molecule has 2 fully saturated rings. The Morgan fingerprint density at radius 1 is 1.23 bits per heavy atom. The average molecular weight is 300 g/mol. The van der Waals surface area contributed by atoms with Crippen molar-refractivity contribution in [3.63, 3.8) is 0 Å². The van der Waals surface area contributed by atoms with E-state index >= 15 is 0 Å². The van der Waals surface area contributed by atoms with Crippen molar-refractivity contribution in [1.82, 2.24) is 5.32 Å². The Labute approximate surface area is 134 Å². The summed E-state index contributed by atoms with van der Waals surface area (Å²) in [5, 5.41) is 3.69. The molecule has 2 aliphatic rings. The maximum Gasteiger partial charge on any atom is 0.227 e. The van der Waals surface area contributed by atoms with Gasteiger partial charge in [-0.25, -0.2) is 0 Å². The summed E-state index contributed by atoms with van der Waals surface area (Å²) in [6, 6.07) is 8.83. The van der Waals surface area contributed by atoms with E-state index in [0.717, 1.165) is 31.1 Å². The van der Waals surface area contributed by atoms with E-state index in [1.54, 1.807) is 0 Å². The van der Waals surface area contributed by atoms with E-state index in [2.05, 4.69) is 36.5 Å². The molecule has 0 bridgehead atoms. The highest BCUT2D eigenvalue weighted by Gasteiger charge is 2.22. The zero-order valence-electron chi connectivity index (χ0n) is 13.7. The Morgan fingerprint density at radius 2 is 2.05 bits per heavy atom. The third-order valence-corrected chi connectivity index (χ3v) is 5.19. The quantitative estimate of drug-likeness (QED) is 0.890. The standard InChI is InChI=1S/C19H28N2O/c1-15(20-14-16-7-3-2-4-8-16)17-9-5-10-18(13-17)21-12-6-11-19(21)22/h5,9-10,13,15-16,20H,2-4,6-8,11-12,14H2,1H3/t15-/m0/s1. The molecule has 1 saturated carbocycles. The first-order chi connectivity index (χ1) is 10.7. The Balaban J connectivity index is 1.59. The second-order valence-electron chi connectivity index (χ2n) is 6.88.